The Morgan fingerprint density at radius 3 is 2.69 bits per heavy atom. The summed E-state index contributed by atoms with van der Waals surface area (Å²) < 4.78 is 59.1. The third kappa shape index (κ3) is 4.39. The van der Waals surface area contributed by atoms with Gasteiger partial charge in [-0.3, -0.25) is 9.36 Å². The van der Waals surface area contributed by atoms with Gasteiger partial charge in [-0.2, -0.15) is 18.0 Å². The summed E-state index contributed by atoms with van der Waals surface area (Å²) in [7, 11) is -3.84. The minimum Gasteiger partial charge on any atom is -0.453 e. The molecule has 4 aliphatic heterocycles. The average Bonchev–Trinajstić information content (AvgIpc) is 3.32. The van der Waals surface area contributed by atoms with Gasteiger partial charge in [0, 0.05) is 18.7 Å². The van der Waals surface area contributed by atoms with Gasteiger partial charge in [-0.05, 0) is 56.6 Å². The lowest BCUT2D eigenvalue weighted by Gasteiger charge is -2.58. The van der Waals surface area contributed by atoms with Crippen LogP contribution in [0, 0.1) is 22.6 Å². The Kier molecular flexibility index (Phi) is 6.39. The van der Waals surface area contributed by atoms with Crippen molar-refractivity contribution in [1.82, 2.24) is 19.2 Å². The van der Waals surface area contributed by atoms with Gasteiger partial charge in [0.1, 0.15) is 17.4 Å². The molecule has 14 heteroatoms. The van der Waals surface area contributed by atoms with E-state index in [0.29, 0.717) is 23.1 Å². The molecule has 12 nitrogen and oxygen atoms in total. The quantitative estimate of drug-likeness (QED) is 0.448. The van der Waals surface area contributed by atoms with Crippen LogP contribution in [0.1, 0.15) is 42.5 Å². The van der Waals surface area contributed by atoms with Crippen molar-refractivity contribution >= 4 is 21.1 Å². The Hall–Kier alpha value is -3.45. The number of hydrogen-bond acceptors (Lipinski definition) is 9. The van der Waals surface area contributed by atoms with Crippen LogP contribution in [0.15, 0.2) is 41.5 Å². The predicted octanol–water partition coefficient (Wildman–Crippen LogP) is 1.86. The topological polar surface area (TPSA) is 162 Å². The van der Waals surface area contributed by atoms with Crippen LogP contribution in [0.5, 0.6) is 11.5 Å². The zero-order chi connectivity index (χ0) is 29.3. The lowest BCUT2D eigenvalue weighted by molar-refractivity contribution is -0.235. The molecule has 5 heterocycles. The first-order chi connectivity index (χ1) is 20.1. The second-order valence-electron chi connectivity index (χ2n) is 11.7. The summed E-state index contributed by atoms with van der Waals surface area (Å²) in [6.45, 7) is 2.75. The van der Waals surface area contributed by atoms with Gasteiger partial charge in [0.25, 0.3) is 15.8 Å². The average molecular weight is 597 g/mol. The zero-order valence-corrected chi connectivity index (χ0v) is 23.4. The number of fused-ring (bicyclic) bond motifs is 1. The van der Waals surface area contributed by atoms with Gasteiger partial charge in [-0.1, -0.05) is 6.07 Å². The van der Waals surface area contributed by atoms with Crippen molar-refractivity contribution in [2.45, 2.75) is 37.0 Å². The van der Waals surface area contributed by atoms with E-state index < -0.39 is 27.5 Å². The van der Waals surface area contributed by atoms with E-state index in [0.717, 1.165) is 36.7 Å². The number of benzene rings is 2. The molecule has 0 radical (unpaired) electrons. The molecule has 2 atom stereocenters. The molecule has 0 amide bonds. The molecule has 0 bridgehead atoms. The summed E-state index contributed by atoms with van der Waals surface area (Å²) in [5.74, 6) is -0.899. The Labute approximate surface area is 241 Å². The van der Waals surface area contributed by atoms with E-state index in [2.05, 4.69) is 10.3 Å². The van der Waals surface area contributed by atoms with E-state index in [1.165, 1.54) is 18.2 Å². The standard InChI is InChI=1S/C28H29FN6O6S/c29-22-3-2-19(25-27(15-39-25)13-34(14-27)42(31,37)38)21(11-30)24(22)41-18-1-4-23-20(9-18)26(36)35(16-33-23)17-10-28(40-12-17)5-7-32-8-6-28/h1-4,9,16-17,25,32H,5-8,10,12-15H2,(H2,31,37,38)/t17-,25?/m1/s1. The zero-order valence-electron chi connectivity index (χ0n) is 22.6. The monoisotopic (exact) mass is 596 g/mol. The van der Waals surface area contributed by atoms with Crippen molar-refractivity contribution in [2.75, 3.05) is 39.4 Å². The van der Waals surface area contributed by atoms with Crippen molar-refractivity contribution in [3.63, 3.8) is 0 Å². The lowest BCUT2D eigenvalue weighted by Crippen LogP contribution is -2.69. The summed E-state index contributed by atoms with van der Waals surface area (Å²) in [6, 6.07) is 9.19. The maximum atomic E-state index is 15.1. The molecule has 4 saturated heterocycles. The first-order valence-electron chi connectivity index (χ1n) is 13.8. The molecule has 2 spiro atoms. The predicted molar refractivity (Wildman–Crippen MR) is 147 cm³/mol. The number of hydrogen-bond donors (Lipinski definition) is 2. The second-order valence-corrected chi connectivity index (χ2v) is 13.2. The van der Waals surface area contributed by atoms with Crippen LogP contribution in [-0.4, -0.2) is 67.3 Å². The third-order valence-corrected chi connectivity index (χ3v) is 10.0. The first-order valence-corrected chi connectivity index (χ1v) is 15.3. The summed E-state index contributed by atoms with van der Waals surface area (Å²) in [4.78, 5) is 18.1. The van der Waals surface area contributed by atoms with Gasteiger partial charge < -0.3 is 19.5 Å². The molecule has 0 aliphatic carbocycles. The Bertz CT molecular complexity index is 1790. The molecular weight excluding hydrogens is 567 g/mol. The number of nitriles is 1. The molecule has 4 fully saturated rings. The van der Waals surface area contributed by atoms with E-state index in [4.69, 9.17) is 19.3 Å². The van der Waals surface area contributed by atoms with Crippen LogP contribution in [-0.2, 0) is 19.7 Å². The fraction of sp³-hybridized carbons (Fsp3) is 0.464. The van der Waals surface area contributed by atoms with E-state index in [-0.39, 0.29) is 54.0 Å². The van der Waals surface area contributed by atoms with Crippen LogP contribution < -0.4 is 20.8 Å². The number of ether oxygens (including phenoxy) is 3. The highest BCUT2D eigenvalue weighted by Crippen LogP contribution is 2.54. The molecule has 1 aromatic heterocycles. The smallest absolute Gasteiger partial charge is 0.276 e. The number of halogens is 1. The van der Waals surface area contributed by atoms with Crippen molar-refractivity contribution < 1.29 is 27.0 Å². The van der Waals surface area contributed by atoms with E-state index in [1.54, 1.807) is 23.0 Å². The van der Waals surface area contributed by atoms with E-state index in [1.807, 2.05) is 6.07 Å². The fourth-order valence-electron chi connectivity index (χ4n) is 6.71. The summed E-state index contributed by atoms with van der Waals surface area (Å²) in [5.41, 5.74) is -0.245. The first kappa shape index (κ1) is 27.4. The lowest BCUT2D eigenvalue weighted by atomic mass is 9.69. The Balaban J connectivity index is 1.18. The Morgan fingerprint density at radius 2 is 2.00 bits per heavy atom. The molecule has 3 N–H and O–H groups in total. The largest absolute Gasteiger partial charge is 0.453 e. The van der Waals surface area contributed by atoms with Crippen molar-refractivity contribution in [3.05, 3.63) is 64.0 Å². The van der Waals surface area contributed by atoms with Crippen molar-refractivity contribution in [3.8, 4) is 17.6 Å². The van der Waals surface area contributed by atoms with E-state index >= 15 is 4.39 Å². The van der Waals surface area contributed by atoms with Gasteiger partial charge in [0.2, 0.25) is 0 Å². The van der Waals surface area contributed by atoms with Crippen LogP contribution in [0.25, 0.3) is 10.9 Å². The summed E-state index contributed by atoms with van der Waals surface area (Å²) in [6.07, 6.45) is 3.42. The minimum atomic E-state index is -3.84. The summed E-state index contributed by atoms with van der Waals surface area (Å²) >= 11 is 0. The van der Waals surface area contributed by atoms with Gasteiger partial charge >= 0.3 is 0 Å². The van der Waals surface area contributed by atoms with Crippen molar-refractivity contribution in [2.24, 2.45) is 10.6 Å². The molecule has 1 unspecified atom stereocenters. The number of rotatable bonds is 5. The highest BCUT2D eigenvalue weighted by molar-refractivity contribution is 7.86. The fourth-order valence-corrected chi connectivity index (χ4v) is 7.58. The van der Waals surface area contributed by atoms with Gasteiger partial charge in [-0.15, -0.1) is 0 Å². The molecule has 2 aromatic carbocycles. The van der Waals surface area contributed by atoms with Crippen LogP contribution in [0.2, 0.25) is 0 Å². The molecule has 7 rings (SSSR count). The van der Waals surface area contributed by atoms with Crippen LogP contribution in [0.4, 0.5) is 4.39 Å². The Morgan fingerprint density at radius 1 is 1.21 bits per heavy atom. The molecule has 4 aliphatic rings. The summed E-state index contributed by atoms with van der Waals surface area (Å²) in [5, 5.41) is 18.9. The van der Waals surface area contributed by atoms with Gasteiger partial charge in [-0.25, -0.2) is 14.5 Å². The second kappa shape index (κ2) is 9.80. The number of piperidine rings is 1. The molecule has 42 heavy (non-hydrogen) atoms. The SMILES string of the molecule is N#Cc1c(C2OCC23CN(S(N)(=O)=O)C3)ccc(F)c1Oc1ccc2ncn([C@H]3COC4(CCNCC4)C3)c(=O)c2c1. The molecule has 0 saturated carbocycles. The maximum Gasteiger partial charge on any atom is 0.276 e. The van der Waals surface area contributed by atoms with E-state index in [9.17, 15) is 18.5 Å². The number of aromatic nitrogens is 2. The van der Waals surface area contributed by atoms with Crippen molar-refractivity contribution in [1.29, 1.82) is 5.26 Å². The number of nitrogens with one attached hydrogen (secondary N) is 1. The molecular formula is C28H29FN6O6S. The number of nitrogens with two attached hydrogens (primary N) is 1. The molecule has 3 aromatic rings. The normalized spacial score (nSPS) is 24.8. The highest BCUT2D eigenvalue weighted by Gasteiger charge is 2.60. The highest BCUT2D eigenvalue weighted by atomic mass is 32.2. The van der Waals surface area contributed by atoms with Gasteiger partial charge in [0.15, 0.2) is 11.6 Å². The van der Waals surface area contributed by atoms with Crippen LogP contribution >= 0.6 is 0 Å². The third-order valence-electron chi connectivity index (χ3n) is 9.04. The molecule has 220 valence electrons. The maximum absolute atomic E-state index is 15.1. The van der Waals surface area contributed by atoms with Gasteiger partial charge in [0.05, 0.1) is 53.6 Å². The number of nitrogens with zero attached hydrogens (tertiary/aromatic N) is 4. The minimum absolute atomic E-state index is 0.0628. The van der Waals surface area contributed by atoms with Crippen LogP contribution in [0.3, 0.4) is 0 Å².